The van der Waals surface area contributed by atoms with Gasteiger partial charge in [0.2, 0.25) is 5.91 Å². The minimum Gasteiger partial charge on any atom is -0.497 e. The number of carbonyl (C=O) groups is 4. The van der Waals surface area contributed by atoms with E-state index in [0.717, 1.165) is 12.8 Å². The first-order chi connectivity index (χ1) is 15.9. The molecule has 8 heteroatoms. The fourth-order valence-corrected chi connectivity index (χ4v) is 3.40. The van der Waals surface area contributed by atoms with Crippen molar-refractivity contribution in [3.05, 3.63) is 59.7 Å². The number of methoxy groups -OCH3 is 1. The lowest BCUT2D eigenvalue weighted by atomic mass is 10.1. The predicted molar refractivity (Wildman–Crippen MR) is 120 cm³/mol. The Balaban J connectivity index is 1.53. The number of rotatable bonds is 10. The van der Waals surface area contributed by atoms with Crippen molar-refractivity contribution in [1.82, 2.24) is 0 Å². The SMILES string of the molecule is CCCCOC(=O)c1ccc(N2C[C@H](C(=O)OCC(=O)c3ccc(OC)cc3)CC2=O)cc1. The normalized spacial score (nSPS) is 15.3. The Hall–Kier alpha value is -3.68. The Morgan fingerprint density at radius 1 is 0.970 bits per heavy atom. The maximum absolute atomic E-state index is 12.5. The van der Waals surface area contributed by atoms with Crippen LogP contribution in [0.3, 0.4) is 0 Å². The number of anilines is 1. The molecule has 33 heavy (non-hydrogen) atoms. The molecule has 8 nitrogen and oxygen atoms in total. The third-order valence-corrected chi connectivity index (χ3v) is 5.36. The summed E-state index contributed by atoms with van der Waals surface area (Å²) in [6, 6.07) is 13.0. The van der Waals surface area contributed by atoms with E-state index in [4.69, 9.17) is 14.2 Å². The number of hydrogen-bond acceptors (Lipinski definition) is 7. The Bertz CT molecular complexity index is 998. The average Bonchev–Trinajstić information content (AvgIpc) is 3.24. The van der Waals surface area contributed by atoms with E-state index in [1.54, 1.807) is 48.5 Å². The molecule has 2 aromatic rings. The standard InChI is InChI=1S/C25H27NO7/c1-3-4-13-32-24(29)18-5-9-20(10-6-18)26-15-19(14-23(26)28)25(30)33-16-22(27)17-7-11-21(31-2)12-8-17/h5-12,19H,3-4,13-16H2,1-2H3/t19-/m1/s1. The number of carbonyl (C=O) groups excluding carboxylic acids is 4. The van der Waals surface area contributed by atoms with Gasteiger partial charge >= 0.3 is 11.9 Å². The lowest BCUT2D eigenvalue weighted by Crippen LogP contribution is -2.27. The summed E-state index contributed by atoms with van der Waals surface area (Å²) < 4.78 is 15.4. The van der Waals surface area contributed by atoms with Gasteiger partial charge in [0, 0.05) is 24.2 Å². The van der Waals surface area contributed by atoms with Gasteiger partial charge in [-0.1, -0.05) is 13.3 Å². The monoisotopic (exact) mass is 453 g/mol. The maximum atomic E-state index is 12.5. The molecule has 1 fully saturated rings. The highest BCUT2D eigenvalue weighted by atomic mass is 16.5. The van der Waals surface area contributed by atoms with Crippen molar-refractivity contribution in [2.45, 2.75) is 26.2 Å². The first kappa shape index (κ1) is 24.0. The van der Waals surface area contributed by atoms with E-state index in [1.165, 1.54) is 12.0 Å². The second-order valence-electron chi connectivity index (χ2n) is 7.70. The average molecular weight is 453 g/mol. The number of Topliss-reactive ketones (excluding diaryl/α,β-unsaturated/α-hetero) is 1. The minimum atomic E-state index is -0.667. The number of hydrogen-bond donors (Lipinski definition) is 0. The van der Waals surface area contributed by atoms with Crippen LogP contribution in [0, 0.1) is 5.92 Å². The third-order valence-electron chi connectivity index (χ3n) is 5.36. The quantitative estimate of drug-likeness (QED) is 0.309. The summed E-state index contributed by atoms with van der Waals surface area (Å²) in [5.41, 5.74) is 1.38. The number of benzene rings is 2. The second-order valence-corrected chi connectivity index (χ2v) is 7.70. The topological polar surface area (TPSA) is 99.2 Å². The summed E-state index contributed by atoms with van der Waals surface area (Å²) in [4.78, 5) is 50.6. The van der Waals surface area contributed by atoms with Crippen LogP contribution in [0.25, 0.3) is 0 Å². The first-order valence-electron chi connectivity index (χ1n) is 10.8. The van der Waals surface area contributed by atoms with E-state index in [9.17, 15) is 19.2 Å². The van der Waals surface area contributed by atoms with Crippen molar-refractivity contribution in [2.24, 2.45) is 5.92 Å². The van der Waals surface area contributed by atoms with E-state index in [2.05, 4.69) is 0 Å². The fraction of sp³-hybridized carbons (Fsp3) is 0.360. The Kier molecular flexibility index (Phi) is 8.18. The van der Waals surface area contributed by atoms with Gasteiger partial charge in [0.1, 0.15) is 5.75 Å². The highest BCUT2D eigenvalue weighted by molar-refractivity contribution is 6.01. The minimum absolute atomic E-state index is 0.00360. The van der Waals surface area contributed by atoms with E-state index in [-0.39, 0.29) is 24.7 Å². The number of ether oxygens (including phenoxy) is 3. The van der Waals surface area contributed by atoms with E-state index < -0.39 is 24.5 Å². The van der Waals surface area contributed by atoms with Crippen molar-refractivity contribution in [3.63, 3.8) is 0 Å². The number of nitrogens with zero attached hydrogens (tertiary/aromatic N) is 1. The zero-order valence-electron chi connectivity index (χ0n) is 18.7. The maximum Gasteiger partial charge on any atom is 0.338 e. The van der Waals surface area contributed by atoms with Crippen molar-refractivity contribution in [1.29, 1.82) is 0 Å². The molecule has 3 rings (SSSR count). The summed E-state index contributed by atoms with van der Waals surface area (Å²) in [6.45, 7) is 2.13. The molecule has 0 N–H and O–H groups in total. The fourth-order valence-electron chi connectivity index (χ4n) is 3.40. The molecule has 2 aromatic carbocycles. The highest BCUT2D eigenvalue weighted by Gasteiger charge is 2.36. The summed E-state index contributed by atoms with van der Waals surface area (Å²) in [6.07, 6.45) is 1.73. The van der Waals surface area contributed by atoms with Crippen molar-refractivity contribution < 1.29 is 33.4 Å². The molecule has 1 aliphatic heterocycles. The summed E-state index contributed by atoms with van der Waals surface area (Å²) in [5.74, 6) is -1.62. The molecule has 0 radical (unpaired) electrons. The molecule has 0 aliphatic carbocycles. The van der Waals surface area contributed by atoms with Gasteiger partial charge < -0.3 is 19.1 Å². The number of amides is 1. The van der Waals surface area contributed by atoms with Crippen molar-refractivity contribution in [2.75, 3.05) is 31.8 Å². The molecule has 174 valence electrons. The first-order valence-corrected chi connectivity index (χ1v) is 10.8. The van der Waals surface area contributed by atoms with Crippen LogP contribution in [-0.2, 0) is 19.1 Å². The van der Waals surface area contributed by atoms with Crippen LogP contribution in [0.1, 0.15) is 46.9 Å². The summed E-state index contributed by atoms with van der Waals surface area (Å²) >= 11 is 0. The Labute approximate surface area is 192 Å². The van der Waals surface area contributed by atoms with E-state index in [1.807, 2.05) is 6.92 Å². The highest BCUT2D eigenvalue weighted by Crippen LogP contribution is 2.26. The summed E-state index contributed by atoms with van der Waals surface area (Å²) in [5, 5.41) is 0. The van der Waals surface area contributed by atoms with Crippen LogP contribution >= 0.6 is 0 Å². The van der Waals surface area contributed by atoms with Gasteiger partial charge in [-0.2, -0.15) is 0 Å². The van der Waals surface area contributed by atoms with Crippen LogP contribution in [0.2, 0.25) is 0 Å². The largest absolute Gasteiger partial charge is 0.497 e. The number of unbranched alkanes of at least 4 members (excludes halogenated alkanes) is 1. The number of ketones is 1. The van der Waals surface area contributed by atoms with Gasteiger partial charge in [-0.15, -0.1) is 0 Å². The van der Waals surface area contributed by atoms with Gasteiger partial charge in [0.05, 0.1) is 25.2 Å². The van der Waals surface area contributed by atoms with Crippen LogP contribution in [-0.4, -0.2) is 50.5 Å². The lowest BCUT2D eigenvalue weighted by molar-refractivity contribution is -0.147. The van der Waals surface area contributed by atoms with Crippen molar-refractivity contribution in [3.8, 4) is 5.75 Å². The Morgan fingerprint density at radius 3 is 2.27 bits per heavy atom. The predicted octanol–water partition coefficient (Wildman–Crippen LogP) is 3.43. The molecule has 0 aromatic heterocycles. The Morgan fingerprint density at radius 2 is 1.64 bits per heavy atom. The third kappa shape index (κ3) is 6.19. The van der Waals surface area contributed by atoms with Gasteiger partial charge in [-0.3, -0.25) is 14.4 Å². The summed E-state index contributed by atoms with van der Waals surface area (Å²) in [7, 11) is 1.53. The molecule has 0 saturated carbocycles. The molecule has 1 heterocycles. The van der Waals surface area contributed by atoms with Crippen LogP contribution in [0.5, 0.6) is 5.75 Å². The smallest absolute Gasteiger partial charge is 0.338 e. The van der Waals surface area contributed by atoms with E-state index >= 15 is 0 Å². The zero-order valence-corrected chi connectivity index (χ0v) is 18.7. The number of esters is 2. The molecule has 1 amide bonds. The molecule has 1 atom stereocenters. The van der Waals surface area contributed by atoms with Crippen molar-refractivity contribution >= 4 is 29.3 Å². The van der Waals surface area contributed by atoms with Gasteiger partial charge in [0.15, 0.2) is 12.4 Å². The molecule has 0 unspecified atom stereocenters. The van der Waals surface area contributed by atoms with Crippen LogP contribution in [0.15, 0.2) is 48.5 Å². The molecule has 0 bridgehead atoms. The van der Waals surface area contributed by atoms with Gasteiger partial charge in [-0.05, 0) is 55.0 Å². The van der Waals surface area contributed by atoms with E-state index in [0.29, 0.717) is 29.2 Å². The molecular formula is C25H27NO7. The van der Waals surface area contributed by atoms with Crippen LogP contribution < -0.4 is 9.64 Å². The molecule has 1 saturated heterocycles. The molecular weight excluding hydrogens is 426 g/mol. The van der Waals surface area contributed by atoms with Crippen LogP contribution in [0.4, 0.5) is 5.69 Å². The lowest BCUT2D eigenvalue weighted by Gasteiger charge is -2.17. The second kappa shape index (κ2) is 11.3. The molecule has 1 aliphatic rings. The zero-order chi connectivity index (χ0) is 23.8. The van der Waals surface area contributed by atoms with Gasteiger partial charge in [-0.25, -0.2) is 4.79 Å². The van der Waals surface area contributed by atoms with Gasteiger partial charge in [0.25, 0.3) is 0 Å². The molecule has 0 spiro atoms.